The summed E-state index contributed by atoms with van der Waals surface area (Å²) >= 11 is 0. The van der Waals surface area contributed by atoms with Crippen LogP contribution in [-0.2, 0) is 0 Å². The van der Waals surface area contributed by atoms with Crippen LogP contribution in [0.4, 0.5) is 17.5 Å². The van der Waals surface area contributed by atoms with Gasteiger partial charge in [-0.15, -0.1) is 0 Å². The number of hydrogen-bond acceptors (Lipinski definition) is 7. The van der Waals surface area contributed by atoms with Gasteiger partial charge in [-0.25, -0.2) is 4.98 Å². The van der Waals surface area contributed by atoms with Crippen LogP contribution >= 0.6 is 0 Å². The predicted molar refractivity (Wildman–Crippen MR) is 90.7 cm³/mol. The average Bonchev–Trinajstić information content (AvgIpc) is 3.10. The van der Waals surface area contributed by atoms with Gasteiger partial charge in [0.2, 0.25) is 12.7 Å². The van der Waals surface area contributed by atoms with Gasteiger partial charge in [-0.05, 0) is 24.3 Å². The molecule has 1 aliphatic rings. The van der Waals surface area contributed by atoms with Crippen molar-refractivity contribution in [2.75, 3.05) is 24.5 Å². The molecule has 0 aliphatic carbocycles. The van der Waals surface area contributed by atoms with E-state index >= 15 is 0 Å². The number of nitrogens with one attached hydrogen (secondary N) is 2. The Balaban J connectivity index is 1.67. The first-order valence-electron chi connectivity index (χ1n) is 7.46. The van der Waals surface area contributed by atoms with E-state index < -0.39 is 0 Å². The lowest BCUT2D eigenvalue weighted by Gasteiger charge is -2.10. The highest BCUT2D eigenvalue weighted by molar-refractivity contribution is 5.68. The highest BCUT2D eigenvalue weighted by Crippen LogP contribution is 2.35. The number of rotatable bonds is 4. The highest BCUT2D eigenvalue weighted by atomic mass is 16.7. The summed E-state index contributed by atoms with van der Waals surface area (Å²) in [7, 11) is 1.79. The molecule has 0 saturated heterocycles. The van der Waals surface area contributed by atoms with E-state index in [1.807, 2.05) is 36.4 Å². The minimum Gasteiger partial charge on any atom is -0.454 e. The van der Waals surface area contributed by atoms with Crippen LogP contribution in [0.2, 0.25) is 0 Å². The molecule has 0 fully saturated rings. The van der Waals surface area contributed by atoms with Crippen molar-refractivity contribution in [2.24, 2.45) is 0 Å². The Hall–Kier alpha value is -3.35. The molecule has 0 radical (unpaired) electrons. The van der Waals surface area contributed by atoms with Crippen LogP contribution in [-0.4, -0.2) is 28.8 Å². The number of benzene rings is 1. The molecule has 0 saturated carbocycles. The number of pyridine rings is 1. The van der Waals surface area contributed by atoms with Crippen molar-refractivity contribution in [3.8, 4) is 22.8 Å². The molecular formula is C17H15N5O2. The van der Waals surface area contributed by atoms with Crippen molar-refractivity contribution < 1.29 is 9.47 Å². The fourth-order valence-electron chi connectivity index (χ4n) is 2.42. The van der Waals surface area contributed by atoms with Crippen molar-refractivity contribution in [2.45, 2.75) is 0 Å². The third kappa shape index (κ3) is 2.79. The second-order valence-corrected chi connectivity index (χ2v) is 5.14. The van der Waals surface area contributed by atoms with E-state index in [1.54, 1.807) is 19.4 Å². The number of aromatic nitrogens is 3. The summed E-state index contributed by atoms with van der Waals surface area (Å²) in [5.41, 5.74) is 2.64. The lowest BCUT2D eigenvalue weighted by Crippen LogP contribution is -2.02. The molecule has 0 unspecified atom stereocenters. The van der Waals surface area contributed by atoms with E-state index in [1.165, 1.54) is 0 Å². The Morgan fingerprint density at radius 2 is 1.79 bits per heavy atom. The molecule has 0 bridgehead atoms. The van der Waals surface area contributed by atoms with Gasteiger partial charge in [0.15, 0.2) is 11.5 Å². The smallest absolute Gasteiger partial charge is 0.231 e. The lowest BCUT2D eigenvalue weighted by molar-refractivity contribution is 0.174. The SMILES string of the molecule is CNc1nc(Nc2ccc3c(c2)OCO3)cc(-c2ccncc2)n1. The van der Waals surface area contributed by atoms with Crippen molar-refractivity contribution in [3.63, 3.8) is 0 Å². The summed E-state index contributed by atoms with van der Waals surface area (Å²) in [4.78, 5) is 13.0. The molecule has 1 aromatic carbocycles. The second-order valence-electron chi connectivity index (χ2n) is 5.14. The van der Waals surface area contributed by atoms with E-state index in [-0.39, 0.29) is 6.79 Å². The van der Waals surface area contributed by atoms with Crippen LogP contribution in [0.3, 0.4) is 0 Å². The molecule has 3 heterocycles. The standard InChI is InChI=1S/C17H15N5O2/c1-18-17-21-13(11-4-6-19-7-5-11)9-16(22-17)20-12-2-3-14-15(8-12)24-10-23-14/h2-9H,10H2,1H3,(H2,18,20,21,22). The van der Waals surface area contributed by atoms with Crippen LogP contribution < -0.4 is 20.1 Å². The van der Waals surface area contributed by atoms with E-state index in [0.29, 0.717) is 11.8 Å². The van der Waals surface area contributed by atoms with Gasteiger partial charge in [-0.3, -0.25) is 4.98 Å². The van der Waals surface area contributed by atoms with E-state index in [9.17, 15) is 0 Å². The zero-order valence-electron chi connectivity index (χ0n) is 13.0. The van der Waals surface area contributed by atoms with Gasteiger partial charge >= 0.3 is 0 Å². The Morgan fingerprint density at radius 3 is 2.62 bits per heavy atom. The molecule has 7 heteroatoms. The van der Waals surface area contributed by atoms with Crippen LogP contribution in [0.5, 0.6) is 11.5 Å². The number of fused-ring (bicyclic) bond motifs is 1. The van der Waals surface area contributed by atoms with Crippen LogP contribution in [0.15, 0.2) is 48.8 Å². The summed E-state index contributed by atoms with van der Waals surface area (Å²) in [5.74, 6) is 2.68. The Morgan fingerprint density at radius 1 is 0.958 bits per heavy atom. The number of hydrogen-bond donors (Lipinski definition) is 2. The number of anilines is 3. The van der Waals surface area contributed by atoms with Crippen molar-refractivity contribution in [1.82, 2.24) is 15.0 Å². The fraction of sp³-hybridized carbons (Fsp3) is 0.118. The first kappa shape index (κ1) is 14.3. The van der Waals surface area contributed by atoms with Crippen LogP contribution in [0, 0.1) is 0 Å². The first-order chi connectivity index (χ1) is 11.8. The van der Waals surface area contributed by atoms with Gasteiger partial charge in [0, 0.05) is 42.8 Å². The minimum atomic E-state index is 0.252. The zero-order chi connectivity index (χ0) is 16.4. The highest BCUT2D eigenvalue weighted by Gasteiger charge is 2.14. The third-order valence-corrected chi connectivity index (χ3v) is 3.57. The molecule has 0 spiro atoms. The largest absolute Gasteiger partial charge is 0.454 e. The Labute approximate surface area is 138 Å². The maximum Gasteiger partial charge on any atom is 0.231 e. The zero-order valence-corrected chi connectivity index (χ0v) is 13.0. The second kappa shape index (κ2) is 6.04. The van der Waals surface area contributed by atoms with E-state index in [0.717, 1.165) is 28.4 Å². The normalized spacial score (nSPS) is 12.0. The maximum absolute atomic E-state index is 5.40. The van der Waals surface area contributed by atoms with Gasteiger partial charge in [-0.2, -0.15) is 4.98 Å². The van der Waals surface area contributed by atoms with Crippen LogP contribution in [0.25, 0.3) is 11.3 Å². The lowest BCUT2D eigenvalue weighted by atomic mass is 10.2. The molecule has 0 amide bonds. The summed E-state index contributed by atoms with van der Waals surface area (Å²) in [6.07, 6.45) is 3.48. The number of ether oxygens (including phenoxy) is 2. The Bertz CT molecular complexity index is 870. The molecule has 1 aliphatic heterocycles. The van der Waals surface area contributed by atoms with E-state index in [4.69, 9.17) is 9.47 Å². The van der Waals surface area contributed by atoms with Crippen LogP contribution in [0.1, 0.15) is 0 Å². The predicted octanol–water partition coefficient (Wildman–Crippen LogP) is 3.05. The van der Waals surface area contributed by atoms with Crippen molar-refractivity contribution in [3.05, 3.63) is 48.8 Å². The molecular weight excluding hydrogens is 306 g/mol. The molecule has 120 valence electrons. The average molecular weight is 321 g/mol. The minimum absolute atomic E-state index is 0.252. The van der Waals surface area contributed by atoms with Gasteiger partial charge in [-0.1, -0.05) is 0 Å². The summed E-state index contributed by atoms with van der Waals surface area (Å²) in [6, 6.07) is 11.4. The summed E-state index contributed by atoms with van der Waals surface area (Å²) in [5, 5.41) is 6.26. The van der Waals surface area contributed by atoms with Gasteiger partial charge in [0.1, 0.15) is 5.82 Å². The monoisotopic (exact) mass is 321 g/mol. The molecule has 0 atom stereocenters. The van der Waals surface area contributed by atoms with Gasteiger partial charge < -0.3 is 20.1 Å². The van der Waals surface area contributed by atoms with Gasteiger partial charge in [0.05, 0.1) is 5.69 Å². The topological polar surface area (TPSA) is 81.2 Å². The summed E-state index contributed by atoms with van der Waals surface area (Å²) in [6.45, 7) is 0.252. The molecule has 3 aromatic rings. The summed E-state index contributed by atoms with van der Waals surface area (Å²) < 4.78 is 10.7. The molecule has 24 heavy (non-hydrogen) atoms. The van der Waals surface area contributed by atoms with Gasteiger partial charge in [0.25, 0.3) is 0 Å². The molecule has 4 rings (SSSR count). The fourth-order valence-corrected chi connectivity index (χ4v) is 2.42. The van der Waals surface area contributed by atoms with Crippen molar-refractivity contribution >= 4 is 17.5 Å². The Kier molecular flexibility index (Phi) is 3.59. The van der Waals surface area contributed by atoms with E-state index in [2.05, 4.69) is 25.6 Å². The molecule has 2 N–H and O–H groups in total. The number of nitrogens with zero attached hydrogens (tertiary/aromatic N) is 3. The maximum atomic E-state index is 5.40. The third-order valence-electron chi connectivity index (χ3n) is 3.57. The first-order valence-corrected chi connectivity index (χ1v) is 7.46. The molecule has 7 nitrogen and oxygen atoms in total. The van der Waals surface area contributed by atoms with Crippen molar-refractivity contribution in [1.29, 1.82) is 0 Å². The molecule has 2 aromatic heterocycles. The quantitative estimate of drug-likeness (QED) is 0.764.